The van der Waals surface area contributed by atoms with Crippen LogP contribution >= 0.6 is 23.5 Å². The molecule has 2 aliphatic heterocycles. The van der Waals surface area contributed by atoms with Crippen molar-refractivity contribution in [2.75, 3.05) is 32.1 Å². The lowest BCUT2D eigenvalue weighted by Crippen LogP contribution is -2.74. The van der Waals surface area contributed by atoms with Gasteiger partial charge in [-0.05, 0) is 24.5 Å². The van der Waals surface area contributed by atoms with Crippen molar-refractivity contribution in [3.63, 3.8) is 0 Å². The number of β-lactam (4-membered cyclic amide) rings is 1. The van der Waals surface area contributed by atoms with Crippen LogP contribution in [-0.4, -0.2) is 96.6 Å². The van der Waals surface area contributed by atoms with Crippen molar-refractivity contribution in [1.29, 1.82) is 0 Å². The second-order valence-corrected chi connectivity index (χ2v) is 8.47. The molecule has 2 saturated heterocycles. The van der Waals surface area contributed by atoms with E-state index < -0.39 is 18.1 Å². The molecule has 1 aromatic rings. The van der Waals surface area contributed by atoms with Crippen LogP contribution in [0.4, 0.5) is 0 Å². The van der Waals surface area contributed by atoms with Crippen LogP contribution in [-0.2, 0) is 16.1 Å². The number of rotatable bonds is 7. The molecular weight excluding hydrogens is 366 g/mol. The minimum atomic E-state index is -0.983. The smallest absolute Gasteiger partial charge is 0.326 e. The average Bonchev–Trinajstić information content (AvgIpc) is 3.03. The molecule has 3 heterocycles. The molecule has 0 bridgehead atoms. The molecule has 138 valence electrons. The largest absolute Gasteiger partial charge is 0.480 e. The fourth-order valence-electron chi connectivity index (χ4n) is 2.91. The van der Waals surface area contributed by atoms with E-state index in [1.54, 1.807) is 16.4 Å². The standard InChI is InChI=1S/C13H21N7O3S2/c1-18(2)3-4-19-13(15-16-17-19)25-6-7-5-24-11-8(14)10(21)20(11)9(7)12(22)23/h7-9,11H,3-6,14H2,1-2H3,(H,22,23)/t7-,8-,9-,11+/m0/s1. The first-order valence-corrected chi connectivity index (χ1v) is 9.89. The van der Waals surface area contributed by atoms with E-state index in [0.717, 1.165) is 6.54 Å². The van der Waals surface area contributed by atoms with Gasteiger partial charge in [-0.25, -0.2) is 9.48 Å². The lowest BCUT2D eigenvalue weighted by Gasteiger charge is -2.53. The molecule has 0 saturated carbocycles. The zero-order valence-electron chi connectivity index (χ0n) is 14.0. The Kier molecular flexibility index (Phi) is 5.51. The predicted molar refractivity (Wildman–Crippen MR) is 93.1 cm³/mol. The molecule has 0 unspecified atom stereocenters. The summed E-state index contributed by atoms with van der Waals surface area (Å²) < 4.78 is 1.71. The molecular formula is C13H21N7O3S2. The van der Waals surface area contributed by atoms with Crippen LogP contribution < -0.4 is 5.73 Å². The van der Waals surface area contributed by atoms with E-state index in [0.29, 0.717) is 23.2 Å². The molecule has 0 radical (unpaired) electrons. The van der Waals surface area contributed by atoms with Gasteiger partial charge in [0.15, 0.2) is 0 Å². The molecule has 2 aliphatic rings. The summed E-state index contributed by atoms with van der Waals surface area (Å²) in [5.74, 6) is -0.276. The highest BCUT2D eigenvalue weighted by Crippen LogP contribution is 2.41. The highest BCUT2D eigenvalue weighted by molar-refractivity contribution is 8.00. The first-order valence-electron chi connectivity index (χ1n) is 7.86. The van der Waals surface area contributed by atoms with Crippen molar-refractivity contribution < 1.29 is 14.7 Å². The van der Waals surface area contributed by atoms with E-state index in [2.05, 4.69) is 15.5 Å². The van der Waals surface area contributed by atoms with Crippen molar-refractivity contribution in [2.45, 2.75) is 29.2 Å². The summed E-state index contributed by atoms with van der Waals surface area (Å²) in [6.07, 6.45) is 0. The molecule has 1 aromatic heterocycles. The van der Waals surface area contributed by atoms with Crippen LogP contribution in [0.15, 0.2) is 5.16 Å². The Morgan fingerprint density at radius 3 is 2.96 bits per heavy atom. The van der Waals surface area contributed by atoms with Gasteiger partial charge < -0.3 is 20.6 Å². The third kappa shape index (κ3) is 3.61. The topological polar surface area (TPSA) is 130 Å². The Bertz CT molecular complexity index is 655. The first kappa shape index (κ1) is 18.4. The van der Waals surface area contributed by atoms with Crippen molar-refractivity contribution in [2.24, 2.45) is 11.7 Å². The van der Waals surface area contributed by atoms with Gasteiger partial charge in [-0.15, -0.1) is 16.9 Å². The lowest BCUT2D eigenvalue weighted by molar-refractivity contribution is -0.162. The number of carboxylic acids is 1. The average molecular weight is 387 g/mol. The van der Waals surface area contributed by atoms with Gasteiger partial charge in [0, 0.05) is 24.0 Å². The van der Waals surface area contributed by atoms with E-state index in [4.69, 9.17) is 5.73 Å². The molecule has 12 heteroatoms. The van der Waals surface area contributed by atoms with Crippen molar-refractivity contribution >= 4 is 35.4 Å². The number of fused-ring (bicyclic) bond motifs is 1. The van der Waals surface area contributed by atoms with Gasteiger partial charge >= 0.3 is 5.97 Å². The van der Waals surface area contributed by atoms with Crippen molar-refractivity contribution in [1.82, 2.24) is 30.0 Å². The van der Waals surface area contributed by atoms with Gasteiger partial charge in [-0.2, -0.15) is 0 Å². The normalized spacial score (nSPS) is 28.8. The van der Waals surface area contributed by atoms with Gasteiger partial charge in [-0.3, -0.25) is 4.79 Å². The maximum absolute atomic E-state index is 12.0. The van der Waals surface area contributed by atoms with Crippen LogP contribution in [0.5, 0.6) is 0 Å². The number of carbonyl (C=O) groups excluding carboxylic acids is 1. The Labute approximate surface area is 153 Å². The quantitative estimate of drug-likeness (QED) is 0.427. The summed E-state index contributed by atoms with van der Waals surface area (Å²) in [5.41, 5.74) is 5.77. The summed E-state index contributed by atoms with van der Waals surface area (Å²) in [6.45, 7) is 1.46. The molecule has 3 N–H and O–H groups in total. The number of hydrogen-bond donors (Lipinski definition) is 2. The van der Waals surface area contributed by atoms with Gasteiger partial charge in [0.05, 0.1) is 6.54 Å². The number of tetrazole rings is 1. The fraction of sp³-hybridized carbons (Fsp3) is 0.769. The number of amides is 1. The minimum Gasteiger partial charge on any atom is -0.480 e. The van der Waals surface area contributed by atoms with Crippen LogP contribution in [0.3, 0.4) is 0 Å². The molecule has 1 amide bonds. The maximum Gasteiger partial charge on any atom is 0.326 e. The van der Waals surface area contributed by atoms with Gasteiger partial charge in [0.25, 0.3) is 0 Å². The van der Waals surface area contributed by atoms with E-state index in [9.17, 15) is 14.7 Å². The molecule has 0 aromatic carbocycles. The molecule has 2 fully saturated rings. The third-order valence-electron chi connectivity index (χ3n) is 4.29. The van der Waals surface area contributed by atoms with Crippen LogP contribution in [0.1, 0.15) is 0 Å². The van der Waals surface area contributed by atoms with Crippen molar-refractivity contribution in [3.05, 3.63) is 0 Å². The van der Waals surface area contributed by atoms with Crippen molar-refractivity contribution in [3.8, 4) is 0 Å². The van der Waals surface area contributed by atoms with Gasteiger partial charge in [0.1, 0.15) is 17.5 Å². The second kappa shape index (κ2) is 7.48. The Morgan fingerprint density at radius 2 is 2.28 bits per heavy atom. The number of nitrogens with zero attached hydrogens (tertiary/aromatic N) is 6. The zero-order valence-corrected chi connectivity index (χ0v) is 15.6. The van der Waals surface area contributed by atoms with E-state index in [1.807, 2.05) is 19.0 Å². The van der Waals surface area contributed by atoms with E-state index >= 15 is 0 Å². The molecule has 3 rings (SSSR count). The molecule has 10 nitrogen and oxygen atoms in total. The summed E-state index contributed by atoms with van der Waals surface area (Å²) in [5, 5.41) is 21.7. The van der Waals surface area contributed by atoms with Gasteiger partial charge in [0.2, 0.25) is 11.1 Å². The van der Waals surface area contributed by atoms with E-state index in [-0.39, 0.29) is 17.2 Å². The summed E-state index contributed by atoms with van der Waals surface area (Å²) in [4.78, 5) is 27.1. The summed E-state index contributed by atoms with van der Waals surface area (Å²) >= 11 is 2.97. The number of nitrogens with two attached hydrogens (primary N) is 1. The van der Waals surface area contributed by atoms with Crippen LogP contribution in [0.2, 0.25) is 0 Å². The highest BCUT2D eigenvalue weighted by atomic mass is 32.2. The van der Waals surface area contributed by atoms with E-state index in [1.165, 1.54) is 16.7 Å². The lowest BCUT2D eigenvalue weighted by atomic mass is 9.95. The van der Waals surface area contributed by atoms with Gasteiger partial charge in [-0.1, -0.05) is 11.8 Å². The number of aliphatic carboxylic acids is 1. The molecule has 25 heavy (non-hydrogen) atoms. The Balaban J connectivity index is 1.64. The monoisotopic (exact) mass is 387 g/mol. The minimum absolute atomic E-state index is 0.181. The molecule has 4 atom stereocenters. The Morgan fingerprint density at radius 1 is 1.52 bits per heavy atom. The second-order valence-electron chi connectivity index (χ2n) is 6.34. The Hall–Kier alpha value is -1.37. The summed E-state index contributed by atoms with van der Waals surface area (Å²) in [6, 6.07) is -1.42. The molecule has 0 aliphatic carbocycles. The SMILES string of the molecule is CN(C)CCn1nnnc1SC[C@@H]1CS[C@@H]2[C@@H](N)C(=O)N2[C@@H]1C(=O)O. The number of hydrogen-bond acceptors (Lipinski definition) is 9. The number of aromatic nitrogens is 4. The highest BCUT2D eigenvalue weighted by Gasteiger charge is 2.55. The maximum atomic E-state index is 12.0. The predicted octanol–water partition coefficient (Wildman–Crippen LogP) is -1.36. The first-order chi connectivity index (χ1) is 11.9. The summed E-state index contributed by atoms with van der Waals surface area (Å²) in [7, 11) is 3.94. The third-order valence-corrected chi connectivity index (χ3v) is 6.91. The van der Waals surface area contributed by atoms with Crippen LogP contribution in [0.25, 0.3) is 0 Å². The number of thioether (sulfide) groups is 2. The molecule has 0 spiro atoms. The van der Waals surface area contributed by atoms with Crippen LogP contribution in [0, 0.1) is 5.92 Å². The number of carbonyl (C=O) groups is 2. The zero-order chi connectivity index (χ0) is 18.1. The number of likely N-dealkylation sites (N-methyl/N-ethyl adjacent to an activating group) is 1. The fourth-order valence-corrected chi connectivity index (χ4v) is 5.55. The number of carboxylic acid groups (broad SMARTS) is 1.